The summed E-state index contributed by atoms with van der Waals surface area (Å²) in [5.41, 5.74) is 5.85. The van der Waals surface area contributed by atoms with E-state index in [-0.39, 0.29) is 28.6 Å². The third kappa shape index (κ3) is 4.95. The van der Waals surface area contributed by atoms with Crippen LogP contribution < -0.4 is 15.8 Å². The first-order valence-corrected chi connectivity index (χ1v) is 9.90. The van der Waals surface area contributed by atoms with Crippen LogP contribution in [0, 0.1) is 5.92 Å². The first-order chi connectivity index (χ1) is 11.3. The van der Waals surface area contributed by atoms with Crippen LogP contribution in [-0.4, -0.2) is 39.3 Å². The molecule has 1 fully saturated rings. The molecule has 1 aromatic rings. The van der Waals surface area contributed by atoms with Crippen LogP contribution in [-0.2, 0) is 14.6 Å². The fourth-order valence-electron chi connectivity index (χ4n) is 2.89. The number of rotatable bonds is 6. The molecule has 1 aliphatic carbocycles. The topological polar surface area (TPSA) is 98.5 Å². The van der Waals surface area contributed by atoms with Gasteiger partial charge in [0.05, 0.1) is 17.8 Å². The Bertz CT molecular complexity index is 650. The zero-order valence-corrected chi connectivity index (χ0v) is 15.0. The molecular formula is C17H26N2O4S. The van der Waals surface area contributed by atoms with Crippen molar-refractivity contribution in [3.8, 4) is 5.75 Å². The monoisotopic (exact) mass is 354 g/mol. The lowest BCUT2D eigenvalue weighted by Gasteiger charge is -2.27. The Morgan fingerprint density at radius 3 is 2.38 bits per heavy atom. The smallest absolute Gasteiger partial charge is 0.224 e. The summed E-state index contributed by atoms with van der Waals surface area (Å²) in [6.07, 6.45) is 3.49. The summed E-state index contributed by atoms with van der Waals surface area (Å²) in [6, 6.07) is 6.52. The van der Waals surface area contributed by atoms with Crippen molar-refractivity contribution in [1.82, 2.24) is 5.32 Å². The molecule has 7 heteroatoms. The van der Waals surface area contributed by atoms with Gasteiger partial charge in [0, 0.05) is 18.0 Å². The molecule has 0 saturated heterocycles. The fourth-order valence-corrected chi connectivity index (χ4v) is 4.44. The second-order valence-electron chi connectivity index (χ2n) is 6.48. The highest BCUT2D eigenvalue weighted by Crippen LogP contribution is 2.20. The van der Waals surface area contributed by atoms with Crippen molar-refractivity contribution < 1.29 is 17.9 Å². The molecule has 1 amide bonds. The van der Waals surface area contributed by atoms with Crippen LogP contribution in [0.3, 0.4) is 0 Å². The standard InChI is InChI=1S/C17H26N2O4S/c1-12(17(20)19-14-5-3-13(18)4-6-14)11-24(21,22)16-9-7-15(23-2)8-10-16/h7-10,12-14H,3-6,11,18H2,1-2H3,(H,19,20). The number of nitrogens with one attached hydrogen (secondary N) is 1. The highest BCUT2D eigenvalue weighted by Gasteiger charge is 2.26. The van der Waals surface area contributed by atoms with Gasteiger partial charge in [-0.15, -0.1) is 0 Å². The van der Waals surface area contributed by atoms with Gasteiger partial charge in [-0.1, -0.05) is 6.92 Å². The highest BCUT2D eigenvalue weighted by molar-refractivity contribution is 7.91. The molecule has 1 aliphatic rings. The Morgan fingerprint density at radius 2 is 1.83 bits per heavy atom. The molecule has 1 saturated carbocycles. The van der Waals surface area contributed by atoms with Crippen LogP contribution in [0.1, 0.15) is 32.6 Å². The average molecular weight is 354 g/mol. The van der Waals surface area contributed by atoms with Crippen LogP contribution in [0.4, 0.5) is 0 Å². The van der Waals surface area contributed by atoms with E-state index >= 15 is 0 Å². The van der Waals surface area contributed by atoms with Crippen LogP contribution in [0.5, 0.6) is 5.75 Å². The van der Waals surface area contributed by atoms with Crippen molar-refractivity contribution >= 4 is 15.7 Å². The number of nitrogens with two attached hydrogens (primary N) is 1. The Labute approximate surface area is 143 Å². The minimum absolute atomic E-state index is 0.100. The van der Waals surface area contributed by atoms with Crippen molar-refractivity contribution in [2.75, 3.05) is 12.9 Å². The van der Waals surface area contributed by atoms with Gasteiger partial charge in [0.15, 0.2) is 9.84 Å². The molecule has 24 heavy (non-hydrogen) atoms. The van der Waals surface area contributed by atoms with Crippen molar-refractivity contribution in [2.45, 2.75) is 49.6 Å². The largest absolute Gasteiger partial charge is 0.497 e. The number of hydrogen-bond donors (Lipinski definition) is 2. The van der Waals surface area contributed by atoms with Gasteiger partial charge in [-0.25, -0.2) is 8.42 Å². The summed E-state index contributed by atoms with van der Waals surface area (Å²) >= 11 is 0. The van der Waals surface area contributed by atoms with Crippen LogP contribution in [0.2, 0.25) is 0 Å². The van der Waals surface area contributed by atoms with Gasteiger partial charge in [0.1, 0.15) is 5.75 Å². The molecule has 0 spiro atoms. The Hall–Kier alpha value is -1.60. The van der Waals surface area contributed by atoms with E-state index in [0.29, 0.717) is 5.75 Å². The minimum Gasteiger partial charge on any atom is -0.497 e. The number of carbonyl (C=O) groups is 1. The van der Waals surface area contributed by atoms with Crippen LogP contribution in [0.15, 0.2) is 29.2 Å². The van der Waals surface area contributed by atoms with E-state index in [9.17, 15) is 13.2 Å². The second-order valence-corrected chi connectivity index (χ2v) is 8.51. The van der Waals surface area contributed by atoms with Crippen LogP contribution in [0.25, 0.3) is 0 Å². The molecule has 1 atom stereocenters. The second kappa shape index (κ2) is 7.98. The molecule has 0 heterocycles. The number of benzene rings is 1. The Morgan fingerprint density at radius 1 is 1.25 bits per heavy atom. The maximum absolute atomic E-state index is 12.4. The van der Waals surface area contributed by atoms with E-state index in [1.165, 1.54) is 19.2 Å². The summed E-state index contributed by atoms with van der Waals surface area (Å²) in [5, 5.41) is 2.95. The lowest BCUT2D eigenvalue weighted by molar-refractivity contribution is -0.124. The maximum Gasteiger partial charge on any atom is 0.224 e. The number of sulfone groups is 1. The lowest BCUT2D eigenvalue weighted by Crippen LogP contribution is -2.43. The molecule has 0 aromatic heterocycles. The Balaban J connectivity index is 1.93. The molecule has 0 bridgehead atoms. The van der Waals surface area contributed by atoms with E-state index in [2.05, 4.69) is 5.32 Å². The normalized spacial score (nSPS) is 22.6. The molecule has 0 aliphatic heterocycles. The van der Waals surface area contributed by atoms with E-state index < -0.39 is 15.8 Å². The first kappa shape index (κ1) is 18.7. The van der Waals surface area contributed by atoms with Crippen LogP contribution >= 0.6 is 0 Å². The van der Waals surface area contributed by atoms with Gasteiger partial charge in [-0.05, 0) is 49.9 Å². The quantitative estimate of drug-likeness (QED) is 0.806. The minimum atomic E-state index is -3.52. The van der Waals surface area contributed by atoms with Crippen molar-refractivity contribution in [2.24, 2.45) is 11.7 Å². The third-order valence-electron chi connectivity index (χ3n) is 4.45. The van der Waals surface area contributed by atoms with E-state index in [1.54, 1.807) is 19.1 Å². The number of hydrogen-bond acceptors (Lipinski definition) is 5. The molecule has 2 rings (SSSR count). The van der Waals surface area contributed by atoms with Gasteiger partial charge < -0.3 is 15.8 Å². The van der Waals surface area contributed by atoms with Gasteiger partial charge in [-0.2, -0.15) is 0 Å². The summed E-state index contributed by atoms with van der Waals surface area (Å²) < 4.78 is 29.9. The highest BCUT2D eigenvalue weighted by atomic mass is 32.2. The number of amides is 1. The number of ether oxygens (including phenoxy) is 1. The summed E-state index contributed by atoms with van der Waals surface area (Å²) in [7, 11) is -1.99. The Kier molecular flexibility index (Phi) is 6.23. The zero-order valence-electron chi connectivity index (χ0n) is 14.2. The number of carbonyl (C=O) groups excluding carboxylic acids is 1. The molecular weight excluding hydrogens is 328 g/mol. The molecule has 1 unspecified atom stereocenters. The number of methoxy groups -OCH3 is 1. The summed E-state index contributed by atoms with van der Waals surface area (Å²) in [4.78, 5) is 12.5. The van der Waals surface area contributed by atoms with Gasteiger partial charge in [0.25, 0.3) is 0 Å². The summed E-state index contributed by atoms with van der Waals surface area (Å²) in [5.74, 6) is -0.437. The molecule has 3 N–H and O–H groups in total. The van der Waals surface area contributed by atoms with Gasteiger partial charge >= 0.3 is 0 Å². The van der Waals surface area contributed by atoms with Crippen molar-refractivity contribution in [3.05, 3.63) is 24.3 Å². The molecule has 6 nitrogen and oxygen atoms in total. The molecule has 134 valence electrons. The maximum atomic E-state index is 12.4. The fraction of sp³-hybridized carbons (Fsp3) is 0.588. The lowest BCUT2D eigenvalue weighted by atomic mass is 9.91. The zero-order chi connectivity index (χ0) is 17.7. The molecule has 1 aromatic carbocycles. The van der Waals surface area contributed by atoms with Crippen molar-refractivity contribution in [1.29, 1.82) is 0 Å². The predicted molar refractivity (Wildman–Crippen MR) is 92.6 cm³/mol. The first-order valence-electron chi connectivity index (χ1n) is 8.24. The summed E-state index contributed by atoms with van der Waals surface area (Å²) in [6.45, 7) is 1.64. The SMILES string of the molecule is COc1ccc(S(=O)(=O)CC(C)C(=O)NC2CCC(N)CC2)cc1. The average Bonchev–Trinajstić information content (AvgIpc) is 2.56. The molecule has 0 radical (unpaired) electrons. The third-order valence-corrected chi connectivity index (χ3v) is 6.38. The van der Waals surface area contributed by atoms with Gasteiger partial charge in [-0.3, -0.25) is 4.79 Å². The van der Waals surface area contributed by atoms with E-state index in [0.717, 1.165) is 25.7 Å². The van der Waals surface area contributed by atoms with E-state index in [4.69, 9.17) is 10.5 Å². The predicted octanol–water partition coefficient (Wildman–Crippen LogP) is 1.49. The van der Waals surface area contributed by atoms with Crippen molar-refractivity contribution in [3.63, 3.8) is 0 Å². The van der Waals surface area contributed by atoms with E-state index in [1.807, 2.05) is 0 Å². The van der Waals surface area contributed by atoms with Gasteiger partial charge in [0.2, 0.25) is 5.91 Å².